The lowest BCUT2D eigenvalue weighted by Gasteiger charge is -2.25. The molecule has 0 spiro atoms. The zero-order chi connectivity index (χ0) is 26.2. The number of nitrogens with zero attached hydrogens (tertiary/aromatic N) is 6. The fourth-order valence-corrected chi connectivity index (χ4v) is 5.03. The molecule has 3 unspecified atom stereocenters. The average molecular weight is 509 g/mol. The molecular weight excluding hydrogens is 476 g/mol. The van der Waals surface area contributed by atoms with Crippen LogP contribution in [0.3, 0.4) is 0 Å². The molecule has 0 bridgehead atoms. The predicted octanol–water partition coefficient (Wildman–Crippen LogP) is 6.43. The highest BCUT2D eigenvalue weighted by molar-refractivity contribution is 5.76. The van der Waals surface area contributed by atoms with E-state index in [0.717, 1.165) is 64.2 Å². The number of hydrogen-bond donors (Lipinski definition) is 0. The molecule has 5 aromatic rings. The first-order valence-electron chi connectivity index (χ1n) is 13.4. The van der Waals surface area contributed by atoms with Gasteiger partial charge in [0.25, 0.3) is 0 Å². The van der Waals surface area contributed by atoms with Crippen LogP contribution in [0.2, 0.25) is 0 Å². The molecule has 3 atom stereocenters. The first-order valence-corrected chi connectivity index (χ1v) is 13.4. The Morgan fingerprint density at radius 2 is 1.66 bits per heavy atom. The van der Waals surface area contributed by atoms with Gasteiger partial charge in [-0.25, -0.2) is 19.9 Å². The third kappa shape index (κ3) is 4.65. The summed E-state index contributed by atoms with van der Waals surface area (Å²) in [7, 11) is 0. The summed E-state index contributed by atoms with van der Waals surface area (Å²) in [5.74, 6) is 2.28. The Morgan fingerprint density at radius 3 is 2.50 bits per heavy atom. The summed E-state index contributed by atoms with van der Waals surface area (Å²) in [6.07, 6.45) is 9.69. The number of rotatable bonds is 7. The van der Waals surface area contributed by atoms with Crippen LogP contribution in [0.15, 0.2) is 53.5 Å². The van der Waals surface area contributed by atoms with Crippen molar-refractivity contribution in [3.8, 4) is 0 Å². The van der Waals surface area contributed by atoms with Gasteiger partial charge in [-0.1, -0.05) is 39.8 Å². The average Bonchev–Trinajstić information content (AvgIpc) is 3.39. The summed E-state index contributed by atoms with van der Waals surface area (Å²) in [5.41, 5.74) is 7.25. The van der Waals surface area contributed by atoms with Crippen molar-refractivity contribution < 1.29 is 9.15 Å². The Hall–Kier alpha value is -3.78. The Morgan fingerprint density at radius 1 is 0.842 bits per heavy atom. The molecule has 4 aromatic heterocycles. The number of ether oxygens (including phenoxy) is 1. The van der Waals surface area contributed by atoms with Gasteiger partial charge in [-0.3, -0.25) is 9.97 Å². The largest absolute Gasteiger partial charge is 0.439 e. The second kappa shape index (κ2) is 10.2. The Kier molecular flexibility index (Phi) is 6.57. The van der Waals surface area contributed by atoms with Crippen LogP contribution < -0.4 is 0 Å². The SMILES string of the molecule is CC(C)c1ncc2c(n1)CCOC2c1cncc2oc(C(C)CCC(C)c3cnc4ccccc4n3)nc12. The van der Waals surface area contributed by atoms with E-state index in [1.807, 2.05) is 42.9 Å². The number of benzene rings is 1. The summed E-state index contributed by atoms with van der Waals surface area (Å²) in [4.78, 5) is 28.2. The van der Waals surface area contributed by atoms with Gasteiger partial charge in [0.15, 0.2) is 11.5 Å². The second-order valence-electron chi connectivity index (χ2n) is 10.6. The molecule has 1 aliphatic heterocycles. The van der Waals surface area contributed by atoms with E-state index in [1.54, 1.807) is 6.20 Å². The first-order chi connectivity index (χ1) is 18.5. The Bertz CT molecular complexity index is 1600. The number of aromatic nitrogens is 6. The van der Waals surface area contributed by atoms with E-state index in [2.05, 4.69) is 42.6 Å². The maximum atomic E-state index is 6.21. The van der Waals surface area contributed by atoms with Crippen LogP contribution in [0.4, 0.5) is 0 Å². The van der Waals surface area contributed by atoms with E-state index >= 15 is 0 Å². The van der Waals surface area contributed by atoms with Crippen molar-refractivity contribution in [1.29, 1.82) is 0 Å². The van der Waals surface area contributed by atoms with Crippen molar-refractivity contribution in [3.05, 3.63) is 83.3 Å². The van der Waals surface area contributed by atoms with Gasteiger partial charge >= 0.3 is 0 Å². The lowest BCUT2D eigenvalue weighted by atomic mass is 9.95. The first kappa shape index (κ1) is 24.6. The fourth-order valence-electron chi connectivity index (χ4n) is 5.03. The number of oxazole rings is 1. The van der Waals surface area contributed by atoms with Crippen LogP contribution >= 0.6 is 0 Å². The highest BCUT2D eigenvalue weighted by Gasteiger charge is 2.29. The van der Waals surface area contributed by atoms with E-state index in [9.17, 15) is 0 Å². The van der Waals surface area contributed by atoms with Gasteiger partial charge in [-0.05, 0) is 30.9 Å². The van der Waals surface area contributed by atoms with Gasteiger partial charge in [-0.2, -0.15) is 0 Å². The van der Waals surface area contributed by atoms with Gasteiger partial charge < -0.3 is 9.15 Å². The van der Waals surface area contributed by atoms with Crippen LogP contribution in [0.1, 0.15) is 98.6 Å². The van der Waals surface area contributed by atoms with E-state index in [1.165, 1.54) is 0 Å². The van der Waals surface area contributed by atoms with Gasteiger partial charge in [0.1, 0.15) is 17.4 Å². The Labute approximate surface area is 222 Å². The summed E-state index contributed by atoms with van der Waals surface area (Å²) in [5, 5.41) is 0. The smallest absolute Gasteiger partial charge is 0.198 e. The lowest BCUT2D eigenvalue weighted by molar-refractivity contribution is 0.0685. The van der Waals surface area contributed by atoms with Crippen molar-refractivity contribution >= 4 is 22.1 Å². The molecule has 0 saturated carbocycles. The number of para-hydroxylation sites is 2. The molecule has 6 rings (SSSR count). The monoisotopic (exact) mass is 508 g/mol. The molecule has 0 saturated heterocycles. The molecular formula is C30H32N6O2. The van der Waals surface area contributed by atoms with Crippen molar-refractivity contribution in [2.75, 3.05) is 6.61 Å². The van der Waals surface area contributed by atoms with Crippen molar-refractivity contribution in [1.82, 2.24) is 29.9 Å². The van der Waals surface area contributed by atoms with Crippen LogP contribution in [-0.2, 0) is 11.2 Å². The van der Waals surface area contributed by atoms with E-state index < -0.39 is 0 Å². The van der Waals surface area contributed by atoms with Crippen LogP contribution in [0, 0.1) is 0 Å². The number of hydrogen-bond acceptors (Lipinski definition) is 8. The molecule has 5 heterocycles. The summed E-state index contributed by atoms with van der Waals surface area (Å²) in [6.45, 7) is 9.17. The molecule has 0 fully saturated rings. The Balaban J connectivity index is 1.22. The highest BCUT2D eigenvalue weighted by atomic mass is 16.5. The van der Waals surface area contributed by atoms with Crippen molar-refractivity contribution in [3.63, 3.8) is 0 Å². The van der Waals surface area contributed by atoms with Gasteiger partial charge in [-0.15, -0.1) is 0 Å². The number of pyridine rings is 1. The minimum atomic E-state index is -0.309. The van der Waals surface area contributed by atoms with E-state index in [0.29, 0.717) is 18.1 Å². The van der Waals surface area contributed by atoms with Crippen LogP contribution in [0.5, 0.6) is 0 Å². The van der Waals surface area contributed by atoms with E-state index in [4.69, 9.17) is 24.1 Å². The second-order valence-corrected chi connectivity index (χ2v) is 10.6. The maximum Gasteiger partial charge on any atom is 0.198 e. The minimum absolute atomic E-state index is 0.141. The molecule has 1 aromatic carbocycles. The third-order valence-electron chi connectivity index (χ3n) is 7.40. The van der Waals surface area contributed by atoms with Crippen LogP contribution in [-0.4, -0.2) is 36.5 Å². The molecule has 8 nitrogen and oxygen atoms in total. The van der Waals surface area contributed by atoms with E-state index in [-0.39, 0.29) is 23.9 Å². The molecule has 0 amide bonds. The van der Waals surface area contributed by atoms with Gasteiger partial charge in [0.05, 0.1) is 35.2 Å². The lowest BCUT2D eigenvalue weighted by Crippen LogP contribution is -2.20. The fraction of sp³-hybridized carbons (Fsp3) is 0.400. The zero-order valence-electron chi connectivity index (χ0n) is 22.3. The topological polar surface area (TPSA) is 99.7 Å². The maximum absolute atomic E-state index is 6.21. The molecule has 1 aliphatic rings. The third-order valence-corrected chi connectivity index (χ3v) is 7.40. The van der Waals surface area contributed by atoms with Crippen molar-refractivity contribution in [2.24, 2.45) is 0 Å². The molecule has 0 aliphatic carbocycles. The van der Waals surface area contributed by atoms with Gasteiger partial charge in [0.2, 0.25) is 0 Å². The standard InChI is InChI=1S/C30H32N6O2/c1-17(2)29-33-14-20-22(35-29)11-12-37-28(20)21-13-31-16-26-27(21)36-30(38-26)19(4)10-9-18(3)25-15-32-23-7-5-6-8-24(23)34-25/h5-8,13-19,28H,9-12H2,1-4H3. The van der Waals surface area contributed by atoms with Crippen LogP contribution in [0.25, 0.3) is 22.1 Å². The zero-order valence-corrected chi connectivity index (χ0v) is 22.3. The molecule has 194 valence electrons. The van der Waals surface area contributed by atoms with Crippen molar-refractivity contribution in [2.45, 2.75) is 70.8 Å². The summed E-state index contributed by atoms with van der Waals surface area (Å²) >= 11 is 0. The summed E-state index contributed by atoms with van der Waals surface area (Å²) < 4.78 is 12.4. The predicted molar refractivity (Wildman–Crippen MR) is 145 cm³/mol. The quantitative estimate of drug-likeness (QED) is 0.248. The number of fused-ring (bicyclic) bond motifs is 3. The minimum Gasteiger partial charge on any atom is -0.439 e. The molecule has 8 heteroatoms. The highest BCUT2D eigenvalue weighted by Crippen LogP contribution is 2.37. The normalized spacial score (nSPS) is 17.1. The van der Waals surface area contributed by atoms with Gasteiger partial charge in [0, 0.05) is 48.0 Å². The molecule has 38 heavy (non-hydrogen) atoms. The molecule has 0 radical (unpaired) electrons. The molecule has 0 N–H and O–H groups in total. The summed E-state index contributed by atoms with van der Waals surface area (Å²) in [6, 6.07) is 7.98.